The maximum absolute atomic E-state index is 11.6. The van der Waals surface area contributed by atoms with Gasteiger partial charge in [-0.1, -0.05) is 0 Å². The summed E-state index contributed by atoms with van der Waals surface area (Å²) in [6, 6.07) is 0.113. The van der Waals surface area contributed by atoms with E-state index in [-0.39, 0.29) is 11.6 Å². The molecule has 0 aromatic carbocycles. The van der Waals surface area contributed by atoms with Crippen LogP contribution in [0.2, 0.25) is 0 Å². The van der Waals surface area contributed by atoms with Crippen molar-refractivity contribution in [3.63, 3.8) is 0 Å². The van der Waals surface area contributed by atoms with Crippen LogP contribution < -0.4 is 10.6 Å². The minimum Gasteiger partial charge on any atom is -0.330 e. The van der Waals surface area contributed by atoms with Gasteiger partial charge in [0.05, 0.1) is 5.54 Å². The molecular formula is C9H17N3O. The molecule has 0 spiro atoms. The summed E-state index contributed by atoms with van der Waals surface area (Å²) in [5.41, 5.74) is -0.000324. The van der Waals surface area contributed by atoms with Crippen molar-refractivity contribution >= 4 is 6.03 Å². The Morgan fingerprint density at radius 2 is 2.00 bits per heavy atom. The minimum absolute atomic E-state index is 0.000324. The number of urea groups is 1. The third kappa shape index (κ3) is 1.77. The highest BCUT2D eigenvalue weighted by Gasteiger charge is 2.34. The molecule has 2 N–H and O–H groups in total. The van der Waals surface area contributed by atoms with E-state index >= 15 is 0 Å². The average Bonchev–Trinajstić information content (AvgIpc) is 2.53. The number of rotatable bonds is 1. The summed E-state index contributed by atoms with van der Waals surface area (Å²) >= 11 is 0. The normalized spacial score (nSPS) is 25.5. The molecule has 2 aliphatic rings. The molecule has 0 saturated carbocycles. The van der Waals surface area contributed by atoms with Crippen LogP contribution in [0.3, 0.4) is 0 Å². The first-order valence-corrected chi connectivity index (χ1v) is 4.97. The Balaban J connectivity index is 1.83. The SMILES string of the molecule is CC1(NC(=O)N2CCCC2)CNC1. The van der Waals surface area contributed by atoms with Crippen LogP contribution in [-0.4, -0.2) is 42.6 Å². The van der Waals surface area contributed by atoms with E-state index in [1.807, 2.05) is 4.90 Å². The van der Waals surface area contributed by atoms with Gasteiger partial charge in [-0.05, 0) is 19.8 Å². The van der Waals surface area contributed by atoms with E-state index in [9.17, 15) is 4.79 Å². The Kier molecular flexibility index (Phi) is 2.15. The maximum atomic E-state index is 11.6. The summed E-state index contributed by atoms with van der Waals surface area (Å²) in [5, 5.41) is 6.22. The predicted molar refractivity (Wildman–Crippen MR) is 50.6 cm³/mol. The Hall–Kier alpha value is -0.770. The van der Waals surface area contributed by atoms with Crippen molar-refractivity contribution < 1.29 is 4.79 Å². The fourth-order valence-corrected chi connectivity index (χ4v) is 1.85. The third-order valence-electron chi connectivity index (χ3n) is 2.83. The lowest BCUT2D eigenvalue weighted by atomic mass is 9.96. The largest absolute Gasteiger partial charge is 0.330 e. The molecule has 2 heterocycles. The number of amides is 2. The van der Waals surface area contributed by atoms with Gasteiger partial charge in [0, 0.05) is 26.2 Å². The summed E-state index contributed by atoms with van der Waals surface area (Å²) in [6.45, 7) is 5.72. The van der Waals surface area contributed by atoms with E-state index in [0.717, 1.165) is 39.0 Å². The van der Waals surface area contributed by atoms with Crippen molar-refractivity contribution in [1.29, 1.82) is 0 Å². The van der Waals surface area contributed by atoms with Gasteiger partial charge in [0.15, 0.2) is 0 Å². The summed E-state index contributed by atoms with van der Waals surface area (Å²) in [7, 11) is 0. The molecule has 0 atom stereocenters. The van der Waals surface area contributed by atoms with E-state index in [1.165, 1.54) is 0 Å². The third-order valence-corrected chi connectivity index (χ3v) is 2.83. The number of hydrogen-bond acceptors (Lipinski definition) is 2. The Labute approximate surface area is 78.7 Å². The van der Waals surface area contributed by atoms with Gasteiger partial charge in [0.2, 0.25) is 0 Å². The smallest absolute Gasteiger partial charge is 0.317 e. The average molecular weight is 183 g/mol. The van der Waals surface area contributed by atoms with Gasteiger partial charge in [0.25, 0.3) is 0 Å². The Morgan fingerprint density at radius 1 is 1.38 bits per heavy atom. The zero-order valence-corrected chi connectivity index (χ0v) is 8.10. The molecular weight excluding hydrogens is 166 g/mol. The number of nitrogens with one attached hydrogen (secondary N) is 2. The van der Waals surface area contributed by atoms with Crippen LogP contribution in [0.25, 0.3) is 0 Å². The first-order valence-electron chi connectivity index (χ1n) is 4.97. The van der Waals surface area contributed by atoms with Gasteiger partial charge in [0.1, 0.15) is 0 Å². The first-order chi connectivity index (χ1) is 6.20. The molecule has 4 heteroatoms. The van der Waals surface area contributed by atoms with Gasteiger partial charge in [-0.15, -0.1) is 0 Å². The second-order valence-corrected chi connectivity index (χ2v) is 4.29. The zero-order valence-electron chi connectivity index (χ0n) is 8.10. The summed E-state index contributed by atoms with van der Waals surface area (Å²) in [6.07, 6.45) is 2.31. The molecule has 2 rings (SSSR count). The highest BCUT2D eigenvalue weighted by atomic mass is 16.2. The molecule has 0 bridgehead atoms. The van der Waals surface area contributed by atoms with E-state index < -0.39 is 0 Å². The molecule has 13 heavy (non-hydrogen) atoms. The van der Waals surface area contributed by atoms with Crippen LogP contribution in [-0.2, 0) is 0 Å². The molecule has 74 valence electrons. The van der Waals surface area contributed by atoms with Crippen molar-refractivity contribution in [3.8, 4) is 0 Å². The molecule has 0 aromatic heterocycles. The van der Waals surface area contributed by atoms with Crippen LogP contribution >= 0.6 is 0 Å². The van der Waals surface area contributed by atoms with Gasteiger partial charge < -0.3 is 15.5 Å². The number of likely N-dealkylation sites (tertiary alicyclic amines) is 1. The summed E-state index contributed by atoms with van der Waals surface area (Å²) < 4.78 is 0. The lowest BCUT2D eigenvalue weighted by Crippen LogP contribution is -2.68. The molecule has 2 aliphatic heterocycles. The van der Waals surface area contributed by atoms with Gasteiger partial charge in [-0.2, -0.15) is 0 Å². The van der Waals surface area contributed by atoms with Crippen molar-refractivity contribution in [2.45, 2.75) is 25.3 Å². The van der Waals surface area contributed by atoms with Crippen molar-refractivity contribution in [2.75, 3.05) is 26.2 Å². The number of carbonyl (C=O) groups is 1. The fourth-order valence-electron chi connectivity index (χ4n) is 1.85. The quantitative estimate of drug-likeness (QED) is 0.608. The van der Waals surface area contributed by atoms with Crippen LogP contribution in [0, 0.1) is 0 Å². The molecule has 4 nitrogen and oxygen atoms in total. The van der Waals surface area contributed by atoms with Crippen LogP contribution in [0.1, 0.15) is 19.8 Å². The molecule has 0 aromatic rings. The first kappa shape index (κ1) is 8.81. The van der Waals surface area contributed by atoms with Crippen molar-refractivity contribution in [3.05, 3.63) is 0 Å². The fraction of sp³-hybridized carbons (Fsp3) is 0.889. The van der Waals surface area contributed by atoms with Gasteiger partial charge >= 0.3 is 6.03 Å². The zero-order chi connectivity index (χ0) is 9.31. The molecule has 0 unspecified atom stereocenters. The predicted octanol–water partition coefficient (Wildman–Crippen LogP) is 0.154. The Bertz CT molecular complexity index is 207. The van der Waals surface area contributed by atoms with E-state index in [2.05, 4.69) is 17.6 Å². The number of nitrogens with zero attached hydrogens (tertiary/aromatic N) is 1. The molecule has 2 amide bonds. The standard InChI is InChI=1S/C9H17N3O/c1-9(6-10-7-9)11-8(13)12-4-2-3-5-12/h10H,2-7H2,1H3,(H,11,13). The number of hydrogen-bond donors (Lipinski definition) is 2. The van der Waals surface area contributed by atoms with Crippen LogP contribution in [0.4, 0.5) is 4.79 Å². The topological polar surface area (TPSA) is 44.4 Å². The van der Waals surface area contributed by atoms with E-state index in [1.54, 1.807) is 0 Å². The maximum Gasteiger partial charge on any atom is 0.317 e. The highest BCUT2D eigenvalue weighted by Crippen LogP contribution is 2.12. The summed E-state index contributed by atoms with van der Waals surface area (Å²) in [5.74, 6) is 0. The molecule has 2 fully saturated rings. The second-order valence-electron chi connectivity index (χ2n) is 4.29. The highest BCUT2D eigenvalue weighted by molar-refractivity contribution is 5.75. The molecule has 2 saturated heterocycles. The van der Waals surface area contributed by atoms with Gasteiger partial charge in [-0.25, -0.2) is 4.79 Å². The molecule has 0 radical (unpaired) electrons. The lowest BCUT2D eigenvalue weighted by molar-refractivity contribution is 0.177. The number of carbonyl (C=O) groups excluding carboxylic acids is 1. The minimum atomic E-state index is -0.000324. The molecule has 0 aliphatic carbocycles. The van der Waals surface area contributed by atoms with E-state index in [0.29, 0.717) is 0 Å². The summed E-state index contributed by atoms with van der Waals surface area (Å²) in [4.78, 5) is 13.5. The van der Waals surface area contributed by atoms with Crippen molar-refractivity contribution in [2.24, 2.45) is 0 Å². The Morgan fingerprint density at radius 3 is 2.46 bits per heavy atom. The van der Waals surface area contributed by atoms with E-state index in [4.69, 9.17) is 0 Å². The van der Waals surface area contributed by atoms with Crippen LogP contribution in [0.5, 0.6) is 0 Å². The lowest BCUT2D eigenvalue weighted by Gasteiger charge is -2.40. The van der Waals surface area contributed by atoms with Crippen molar-refractivity contribution in [1.82, 2.24) is 15.5 Å². The van der Waals surface area contributed by atoms with Gasteiger partial charge in [-0.3, -0.25) is 0 Å². The monoisotopic (exact) mass is 183 g/mol. The van der Waals surface area contributed by atoms with Crippen LogP contribution in [0.15, 0.2) is 0 Å². The second kappa shape index (κ2) is 3.18.